The third-order valence-corrected chi connectivity index (χ3v) is 3.75. The minimum Gasteiger partial charge on any atom is -0.478 e. The molecule has 0 amide bonds. The molecule has 0 unspecified atom stereocenters. The summed E-state index contributed by atoms with van der Waals surface area (Å²) in [7, 11) is 0. The van der Waals surface area contributed by atoms with Crippen molar-refractivity contribution in [3.8, 4) is 0 Å². The molecular formula is C15H20N2O2. The maximum Gasteiger partial charge on any atom is 0.338 e. The zero-order valence-corrected chi connectivity index (χ0v) is 11.7. The highest BCUT2D eigenvalue weighted by Crippen LogP contribution is 2.30. The second-order valence-electron chi connectivity index (χ2n) is 4.81. The fourth-order valence-electron chi connectivity index (χ4n) is 2.87. The average molecular weight is 260 g/mol. The molecule has 0 fully saturated rings. The van der Waals surface area contributed by atoms with Crippen molar-refractivity contribution in [2.24, 2.45) is 5.73 Å². The topological polar surface area (TPSA) is 68.2 Å². The molecule has 4 nitrogen and oxygen atoms in total. The van der Waals surface area contributed by atoms with E-state index in [-0.39, 0.29) is 0 Å². The van der Waals surface area contributed by atoms with E-state index < -0.39 is 5.97 Å². The third kappa shape index (κ3) is 2.02. The van der Waals surface area contributed by atoms with Crippen LogP contribution in [0.4, 0.5) is 0 Å². The first kappa shape index (κ1) is 13.6. The van der Waals surface area contributed by atoms with Crippen LogP contribution in [0.25, 0.3) is 10.9 Å². The largest absolute Gasteiger partial charge is 0.478 e. The van der Waals surface area contributed by atoms with E-state index in [1.807, 2.05) is 32.9 Å². The van der Waals surface area contributed by atoms with Gasteiger partial charge in [0, 0.05) is 17.6 Å². The summed E-state index contributed by atoms with van der Waals surface area (Å²) in [5.74, 6) is -0.866. The summed E-state index contributed by atoms with van der Waals surface area (Å²) in [6, 6.07) is 3.90. The van der Waals surface area contributed by atoms with Crippen LogP contribution in [0.1, 0.15) is 34.1 Å². The standard InChI is InChI=1S/C15H20N2O2/c1-4-17-10(3)11(7-8-16)12-6-5-9(2)13(14(12)17)15(18)19/h5-6H,4,7-8,16H2,1-3H3,(H,18,19). The van der Waals surface area contributed by atoms with Crippen molar-refractivity contribution >= 4 is 16.9 Å². The van der Waals surface area contributed by atoms with E-state index in [9.17, 15) is 9.90 Å². The van der Waals surface area contributed by atoms with E-state index >= 15 is 0 Å². The van der Waals surface area contributed by atoms with Gasteiger partial charge in [0.15, 0.2) is 0 Å². The Hall–Kier alpha value is -1.81. The van der Waals surface area contributed by atoms with Crippen LogP contribution in [-0.4, -0.2) is 22.2 Å². The number of hydrogen-bond donors (Lipinski definition) is 2. The van der Waals surface area contributed by atoms with Crippen LogP contribution in [0.15, 0.2) is 12.1 Å². The molecule has 1 heterocycles. The molecule has 4 heteroatoms. The minimum absolute atomic E-state index is 0.408. The van der Waals surface area contributed by atoms with Crippen LogP contribution >= 0.6 is 0 Å². The number of fused-ring (bicyclic) bond motifs is 1. The minimum atomic E-state index is -0.866. The van der Waals surface area contributed by atoms with Crippen LogP contribution in [0.3, 0.4) is 0 Å². The Morgan fingerprint density at radius 3 is 2.58 bits per heavy atom. The van der Waals surface area contributed by atoms with Crippen LogP contribution in [0, 0.1) is 13.8 Å². The quantitative estimate of drug-likeness (QED) is 0.887. The summed E-state index contributed by atoms with van der Waals surface area (Å²) in [4.78, 5) is 11.5. The van der Waals surface area contributed by atoms with Crippen molar-refractivity contribution < 1.29 is 9.90 Å². The number of rotatable bonds is 4. The molecule has 0 aliphatic carbocycles. The van der Waals surface area contributed by atoms with Gasteiger partial charge in [0.05, 0.1) is 11.1 Å². The summed E-state index contributed by atoms with van der Waals surface area (Å²) < 4.78 is 2.08. The van der Waals surface area contributed by atoms with Gasteiger partial charge in [-0.3, -0.25) is 0 Å². The van der Waals surface area contributed by atoms with Gasteiger partial charge in [0.1, 0.15) is 0 Å². The number of aromatic nitrogens is 1. The molecule has 3 N–H and O–H groups in total. The zero-order chi connectivity index (χ0) is 14.2. The normalized spacial score (nSPS) is 11.2. The lowest BCUT2D eigenvalue weighted by molar-refractivity contribution is 0.0698. The van der Waals surface area contributed by atoms with Gasteiger partial charge < -0.3 is 15.4 Å². The van der Waals surface area contributed by atoms with Gasteiger partial charge in [0.25, 0.3) is 0 Å². The number of aryl methyl sites for hydroxylation is 2. The Labute approximate surface area is 112 Å². The summed E-state index contributed by atoms with van der Waals surface area (Å²) in [6.45, 7) is 7.24. The second-order valence-corrected chi connectivity index (χ2v) is 4.81. The molecular weight excluding hydrogens is 240 g/mol. The molecule has 2 rings (SSSR count). The van der Waals surface area contributed by atoms with E-state index in [1.54, 1.807) is 0 Å². The molecule has 19 heavy (non-hydrogen) atoms. The van der Waals surface area contributed by atoms with Crippen molar-refractivity contribution in [2.45, 2.75) is 33.7 Å². The van der Waals surface area contributed by atoms with Crippen LogP contribution in [-0.2, 0) is 13.0 Å². The van der Waals surface area contributed by atoms with Gasteiger partial charge in [-0.2, -0.15) is 0 Å². The lowest BCUT2D eigenvalue weighted by Crippen LogP contribution is -2.06. The van der Waals surface area contributed by atoms with Gasteiger partial charge in [-0.05, 0) is 44.9 Å². The van der Waals surface area contributed by atoms with Crippen LogP contribution in [0.5, 0.6) is 0 Å². The number of carboxylic acid groups (broad SMARTS) is 1. The van der Waals surface area contributed by atoms with E-state index in [0.29, 0.717) is 12.1 Å². The van der Waals surface area contributed by atoms with Crippen molar-refractivity contribution in [2.75, 3.05) is 6.54 Å². The monoisotopic (exact) mass is 260 g/mol. The van der Waals surface area contributed by atoms with Gasteiger partial charge in [-0.15, -0.1) is 0 Å². The van der Waals surface area contributed by atoms with Crippen LogP contribution < -0.4 is 5.73 Å². The van der Waals surface area contributed by atoms with Gasteiger partial charge in [-0.1, -0.05) is 12.1 Å². The number of aromatic carboxylic acids is 1. The van der Waals surface area contributed by atoms with E-state index in [0.717, 1.165) is 35.1 Å². The number of benzene rings is 1. The first-order valence-electron chi connectivity index (χ1n) is 6.57. The number of carbonyl (C=O) groups is 1. The summed E-state index contributed by atoms with van der Waals surface area (Å²) in [5.41, 5.74) is 10.00. The van der Waals surface area contributed by atoms with E-state index in [2.05, 4.69) is 4.57 Å². The van der Waals surface area contributed by atoms with Crippen molar-refractivity contribution in [1.29, 1.82) is 0 Å². The van der Waals surface area contributed by atoms with Crippen molar-refractivity contribution in [3.05, 3.63) is 34.5 Å². The molecule has 0 saturated heterocycles. The van der Waals surface area contributed by atoms with E-state index in [1.165, 1.54) is 5.56 Å². The SMILES string of the molecule is CCn1c(C)c(CCN)c2ccc(C)c(C(=O)O)c21. The first-order valence-corrected chi connectivity index (χ1v) is 6.57. The Balaban J connectivity index is 2.93. The first-order chi connectivity index (χ1) is 9.02. The third-order valence-electron chi connectivity index (χ3n) is 3.75. The highest BCUT2D eigenvalue weighted by Gasteiger charge is 2.20. The highest BCUT2D eigenvalue weighted by molar-refractivity contribution is 6.05. The van der Waals surface area contributed by atoms with Gasteiger partial charge in [-0.25, -0.2) is 4.79 Å². The summed E-state index contributed by atoms with van der Waals surface area (Å²) >= 11 is 0. The molecule has 0 bridgehead atoms. The average Bonchev–Trinajstić information content (AvgIpc) is 2.62. The molecule has 0 aliphatic heterocycles. The second kappa shape index (κ2) is 5.05. The molecule has 2 aromatic rings. The molecule has 0 spiro atoms. The van der Waals surface area contributed by atoms with Crippen molar-refractivity contribution in [1.82, 2.24) is 4.57 Å². The predicted octanol–water partition coefficient (Wildman–Crippen LogP) is 2.48. The maximum atomic E-state index is 11.5. The zero-order valence-electron chi connectivity index (χ0n) is 11.7. The Kier molecular flexibility index (Phi) is 3.62. The smallest absolute Gasteiger partial charge is 0.338 e. The predicted molar refractivity (Wildman–Crippen MR) is 76.8 cm³/mol. The summed E-state index contributed by atoms with van der Waals surface area (Å²) in [6.07, 6.45) is 0.775. The number of carboxylic acids is 1. The highest BCUT2D eigenvalue weighted by atomic mass is 16.4. The lowest BCUT2D eigenvalue weighted by Gasteiger charge is -2.08. The number of nitrogens with zero attached hydrogens (tertiary/aromatic N) is 1. The number of nitrogens with two attached hydrogens (primary N) is 1. The van der Waals surface area contributed by atoms with Crippen molar-refractivity contribution in [3.63, 3.8) is 0 Å². The Bertz CT molecular complexity index is 641. The molecule has 0 radical (unpaired) electrons. The fourth-order valence-corrected chi connectivity index (χ4v) is 2.87. The molecule has 102 valence electrons. The van der Waals surface area contributed by atoms with Crippen LogP contribution in [0.2, 0.25) is 0 Å². The Morgan fingerprint density at radius 2 is 2.05 bits per heavy atom. The van der Waals surface area contributed by atoms with Gasteiger partial charge in [0.2, 0.25) is 0 Å². The number of hydrogen-bond acceptors (Lipinski definition) is 2. The molecule has 1 aromatic carbocycles. The lowest BCUT2D eigenvalue weighted by atomic mass is 10.0. The summed E-state index contributed by atoms with van der Waals surface area (Å²) in [5, 5.41) is 10.5. The molecule has 0 saturated carbocycles. The van der Waals surface area contributed by atoms with E-state index in [4.69, 9.17) is 5.73 Å². The fraction of sp³-hybridized carbons (Fsp3) is 0.400. The molecule has 0 aliphatic rings. The Morgan fingerprint density at radius 1 is 1.37 bits per heavy atom. The molecule has 1 aromatic heterocycles. The van der Waals surface area contributed by atoms with Gasteiger partial charge >= 0.3 is 5.97 Å². The maximum absolute atomic E-state index is 11.5. The molecule has 0 atom stereocenters.